The van der Waals surface area contributed by atoms with Gasteiger partial charge in [-0.15, -0.1) is 0 Å². The third-order valence-electron chi connectivity index (χ3n) is 2.77. The van der Waals surface area contributed by atoms with Crippen LogP contribution in [0.25, 0.3) is 0 Å². The molecule has 0 fully saturated rings. The SMILES string of the molecule is Cc1cnc(NC(C)c2ccc(N)cc2)c(Br)c1. The molecule has 0 spiro atoms. The maximum atomic E-state index is 5.68. The molecule has 94 valence electrons. The van der Waals surface area contributed by atoms with Gasteiger partial charge < -0.3 is 11.1 Å². The van der Waals surface area contributed by atoms with Gasteiger partial charge in [0.15, 0.2) is 0 Å². The summed E-state index contributed by atoms with van der Waals surface area (Å²) in [6, 6.07) is 10.1. The number of aryl methyl sites for hydroxylation is 1. The summed E-state index contributed by atoms with van der Waals surface area (Å²) in [5, 5.41) is 3.37. The molecule has 1 unspecified atom stereocenters. The largest absolute Gasteiger partial charge is 0.399 e. The van der Waals surface area contributed by atoms with Crippen LogP contribution in [0.5, 0.6) is 0 Å². The third-order valence-corrected chi connectivity index (χ3v) is 3.37. The molecule has 0 saturated heterocycles. The Morgan fingerprint density at radius 2 is 1.94 bits per heavy atom. The number of anilines is 2. The Kier molecular flexibility index (Phi) is 3.87. The molecule has 2 rings (SSSR count). The first kappa shape index (κ1) is 12.9. The Labute approximate surface area is 116 Å². The number of nitrogens with one attached hydrogen (secondary N) is 1. The first-order valence-electron chi connectivity index (χ1n) is 5.80. The van der Waals surface area contributed by atoms with Gasteiger partial charge in [-0.3, -0.25) is 0 Å². The molecule has 2 aromatic rings. The highest BCUT2D eigenvalue weighted by molar-refractivity contribution is 9.10. The van der Waals surface area contributed by atoms with E-state index >= 15 is 0 Å². The predicted molar refractivity (Wildman–Crippen MR) is 79.6 cm³/mol. The summed E-state index contributed by atoms with van der Waals surface area (Å²) in [6.07, 6.45) is 1.85. The standard InChI is InChI=1S/C14H16BrN3/c1-9-7-13(15)14(17-8-9)18-10(2)11-3-5-12(16)6-4-11/h3-8,10H,16H2,1-2H3,(H,17,18). The molecule has 1 atom stereocenters. The molecule has 3 N–H and O–H groups in total. The molecule has 18 heavy (non-hydrogen) atoms. The number of hydrogen-bond donors (Lipinski definition) is 2. The highest BCUT2D eigenvalue weighted by atomic mass is 79.9. The van der Waals surface area contributed by atoms with Gasteiger partial charge in [0.2, 0.25) is 0 Å². The third kappa shape index (κ3) is 3.01. The fraction of sp³-hybridized carbons (Fsp3) is 0.214. The number of nitrogen functional groups attached to an aromatic ring is 1. The van der Waals surface area contributed by atoms with Crippen LogP contribution in [0.4, 0.5) is 11.5 Å². The van der Waals surface area contributed by atoms with Crippen LogP contribution in [0.15, 0.2) is 41.0 Å². The van der Waals surface area contributed by atoms with Crippen molar-refractivity contribution in [2.24, 2.45) is 0 Å². The molecule has 0 bridgehead atoms. The second-order valence-corrected chi connectivity index (χ2v) is 5.23. The van der Waals surface area contributed by atoms with Gasteiger partial charge in [0.1, 0.15) is 5.82 Å². The van der Waals surface area contributed by atoms with Crippen molar-refractivity contribution >= 4 is 27.4 Å². The second-order valence-electron chi connectivity index (χ2n) is 4.38. The maximum absolute atomic E-state index is 5.68. The van der Waals surface area contributed by atoms with E-state index in [1.54, 1.807) is 0 Å². The maximum Gasteiger partial charge on any atom is 0.140 e. The fourth-order valence-electron chi connectivity index (χ4n) is 1.71. The summed E-state index contributed by atoms with van der Waals surface area (Å²) >= 11 is 3.51. The van der Waals surface area contributed by atoms with Crippen LogP contribution in [0, 0.1) is 6.92 Å². The van der Waals surface area contributed by atoms with Gasteiger partial charge in [0.05, 0.1) is 4.47 Å². The Balaban J connectivity index is 2.15. The molecule has 4 heteroatoms. The molecule has 0 saturated carbocycles. The molecule has 0 aliphatic carbocycles. The van der Waals surface area contributed by atoms with E-state index in [-0.39, 0.29) is 6.04 Å². The van der Waals surface area contributed by atoms with Gasteiger partial charge in [0.25, 0.3) is 0 Å². The molecule has 0 aliphatic rings. The summed E-state index contributed by atoms with van der Waals surface area (Å²) in [5.41, 5.74) is 8.77. The van der Waals surface area contributed by atoms with Gasteiger partial charge in [-0.2, -0.15) is 0 Å². The minimum Gasteiger partial charge on any atom is -0.399 e. The van der Waals surface area contributed by atoms with Gasteiger partial charge in [-0.1, -0.05) is 12.1 Å². The zero-order chi connectivity index (χ0) is 13.1. The minimum atomic E-state index is 0.178. The number of hydrogen-bond acceptors (Lipinski definition) is 3. The second kappa shape index (κ2) is 5.40. The summed E-state index contributed by atoms with van der Waals surface area (Å²) < 4.78 is 0.977. The molecule has 1 aromatic carbocycles. The molecule has 0 radical (unpaired) electrons. The molecule has 3 nitrogen and oxygen atoms in total. The zero-order valence-corrected chi connectivity index (χ0v) is 12.0. The van der Waals surface area contributed by atoms with Crippen molar-refractivity contribution < 1.29 is 0 Å². The molecular weight excluding hydrogens is 290 g/mol. The Hall–Kier alpha value is -1.55. The summed E-state index contributed by atoms with van der Waals surface area (Å²) in [5.74, 6) is 0.852. The number of nitrogens with zero attached hydrogens (tertiary/aromatic N) is 1. The number of rotatable bonds is 3. The number of pyridine rings is 1. The lowest BCUT2D eigenvalue weighted by Gasteiger charge is -2.16. The highest BCUT2D eigenvalue weighted by Gasteiger charge is 2.08. The molecule has 1 aromatic heterocycles. The van der Waals surface area contributed by atoms with Crippen LogP contribution < -0.4 is 11.1 Å². The average Bonchev–Trinajstić information content (AvgIpc) is 2.33. The zero-order valence-electron chi connectivity index (χ0n) is 10.4. The Bertz CT molecular complexity index is 537. The van der Waals surface area contributed by atoms with Crippen LogP contribution in [0.2, 0.25) is 0 Å². The van der Waals surface area contributed by atoms with Crippen molar-refractivity contribution in [2.45, 2.75) is 19.9 Å². The van der Waals surface area contributed by atoms with E-state index in [0.29, 0.717) is 0 Å². The lowest BCUT2D eigenvalue weighted by molar-refractivity contribution is 0.872. The normalized spacial score (nSPS) is 12.2. The van der Waals surface area contributed by atoms with E-state index < -0.39 is 0 Å². The smallest absolute Gasteiger partial charge is 0.140 e. The van der Waals surface area contributed by atoms with Gasteiger partial charge in [0, 0.05) is 17.9 Å². The highest BCUT2D eigenvalue weighted by Crippen LogP contribution is 2.25. The fourth-order valence-corrected chi connectivity index (χ4v) is 2.29. The van der Waals surface area contributed by atoms with Gasteiger partial charge >= 0.3 is 0 Å². The van der Waals surface area contributed by atoms with E-state index in [0.717, 1.165) is 21.5 Å². The van der Waals surface area contributed by atoms with Crippen LogP contribution in [-0.2, 0) is 0 Å². The van der Waals surface area contributed by atoms with Crippen molar-refractivity contribution in [1.82, 2.24) is 4.98 Å². The monoisotopic (exact) mass is 305 g/mol. The molecular formula is C14H16BrN3. The van der Waals surface area contributed by atoms with E-state index in [1.165, 1.54) is 5.56 Å². The Morgan fingerprint density at radius 1 is 1.28 bits per heavy atom. The van der Waals surface area contributed by atoms with Crippen LogP contribution in [-0.4, -0.2) is 4.98 Å². The van der Waals surface area contributed by atoms with Crippen molar-refractivity contribution in [3.8, 4) is 0 Å². The topological polar surface area (TPSA) is 50.9 Å². The van der Waals surface area contributed by atoms with Crippen molar-refractivity contribution in [2.75, 3.05) is 11.1 Å². The van der Waals surface area contributed by atoms with E-state index in [1.807, 2.05) is 43.5 Å². The molecule has 0 amide bonds. The quantitative estimate of drug-likeness (QED) is 0.845. The first-order valence-corrected chi connectivity index (χ1v) is 6.59. The molecule has 1 heterocycles. The Morgan fingerprint density at radius 3 is 2.56 bits per heavy atom. The van der Waals surface area contributed by atoms with Crippen LogP contribution >= 0.6 is 15.9 Å². The summed E-state index contributed by atoms with van der Waals surface area (Å²) in [4.78, 5) is 4.38. The number of nitrogens with two attached hydrogens (primary N) is 1. The lowest BCUT2D eigenvalue weighted by atomic mass is 10.1. The van der Waals surface area contributed by atoms with E-state index in [2.05, 4.69) is 33.2 Å². The van der Waals surface area contributed by atoms with Gasteiger partial charge in [-0.05, 0) is 59.1 Å². The van der Waals surface area contributed by atoms with E-state index in [4.69, 9.17) is 5.73 Å². The van der Waals surface area contributed by atoms with Crippen molar-refractivity contribution in [3.63, 3.8) is 0 Å². The van der Waals surface area contributed by atoms with Crippen molar-refractivity contribution in [3.05, 3.63) is 52.1 Å². The minimum absolute atomic E-state index is 0.178. The lowest BCUT2D eigenvalue weighted by Crippen LogP contribution is -2.08. The first-order chi connectivity index (χ1) is 8.56. The predicted octanol–water partition coefficient (Wildman–Crippen LogP) is 3.91. The average molecular weight is 306 g/mol. The van der Waals surface area contributed by atoms with Crippen LogP contribution in [0.3, 0.4) is 0 Å². The number of aromatic nitrogens is 1. The van der Waals surface area contributed by atoms with E-state index in [9.17, 15) is 0 Å². The summed E-state index contributed by atoms with van der Waals surface area (Å²) in [7, 11) is 0. The summed E-state index contributed by atoms with van der Waals surface area (Å²) in [6.45, 7) is 4.12. The number of halogens is 1. The van der Waals surface area contributed by atoms with Gasteiger partial charge in [-0.25, -0.2) is 4.98 Å². The number of benzene rings is 1. The van der Waals surface area contributed by atoms with Crippen molar-refractivity contribution in [1.29, 1.82) is 0 Å². The van der Waals surface area contributed by atoms with Crippen LogP contribution in [0.1, 0.15) is 24.1 Å². The molecule has 0 aliphatic heterocycles.